The van der Waals surface area contributed by atoms with Crippen molar-refractivity contribution < 1.29 is 9.47 Å². The third-order valence-corrected chi connectivity index (χ3v) is 2.02. The van der Waals surface area contributed by atoms with Gasteiger partial charge in [0.25, 0.3) is 0 Å². The van der Waals surface area contributed by atoms with Gasteiger partial charge in [-0.2, -0.15) is 0 Å². The quantitative estimate of drug-likeness (QED) is 0.629. The normalized spacial score (nSPS) is 10.5. The van der Waals surface area contributed by atoms with E-state index in [4.69, 9.17) is 9.47 Å². The largest absolute Gasteiger partial charge is 0.382 e. The molecule has 1 aromatic heterocycles. The molecule has 0 aliphatic rings. The molecule has 15 heavy (non-hydrogen) atoms. The van der Waals surface area contributed by atoms with Crippen LogP contribution in [0.15, 0.2) is 29.2 Å². The fraction of sp³-hybridized carbons (Fsp3) is 0.545. The number of methoxy groups -OCH3 is 1. The van der Waals surface area contributed by atoms with Crippen LogP contribution in [0.3, 0.4) is 0 Å². The molecule has 0 aliphatic carbocycles. The minimum Gasteiger partial charge on any atom is -0.382 e. The lowest BCUT2D eigenvalue weighted by molar-refractivity contribution is 0.0679. The Kier molecular flexibility index (Phi) is 5.73. The van der Waals surface area contributed by atoms with Crippen molar-refractivity contribution in [1.29, 1.82) is 0 Å². The van der Waals surface area contributed by atoms with Crippen LogP contribution in [0.1, 0.15) is 6.42 Å². The summed E-state index contributed by atoms with van der Waals surface area (Å²) in [4.78, 5) is 11.3. The van der Waals surface area contributed by atoms with E-state index in [-0.39, 0.29) is 5.56 Å². The Labute approximate surface area is 89.4 Å². The van der Waals surface area contributed by atoms with E-state index in [9.17, 15) is 4.79 Å². The van der Waals surface area contributed by atoms with Crippen LogP contribution >= 0.6 is 0 Å². The third-order valence-electron chi connectivity index (χ3n) is 2.02. The molecule has 0 radical (unpaired) electrons. The Bertz CT molecular complexity index is 322. The fourth-order valence-corrected chi connectivity index (χ4v) is 1.23. The second-order valence-electron chi connectivity index (χ2n) is 3.19. The lowest BCUT2D eigenvalue weighted by Gasteiger charge is -2.05. The summed E-state index contributed by atoms with van der Waals surface area (Å²) in [6.45, 7) is 2.59. The Morgan fingerprint density at radius 1 is 1.27 bits per heavy atom. The molecule has 0 aliphatic heterocycles. The van der Waals surface area contributed by atoms with E-state index in [1.165, 1.54) is 0 Å². The van der Waals surface area contributed by atoms with Gasteiger partial charge in [-0.05, 0) is 12.5 Å². The van der Waals surface area contributed by atoms with Crippen LogP contribution < -0.4 is 5.56 Å². The minimum absolute atomic E-state index is 0.0365. The van der Waals surface area contributed by atoms with Crippen LogP contribution in [0.25, 0.3) is 0 Å². The molecule has 0 saturated heterocycles. The maximum atomic E-state index is 11.3. The number of ether oxygens (including phenoxy) is 2. The Morgan fingerprint density at radius 2 is 2.13 bits per heavy atom. The number of hydrogen-bond acceptors (Lipinski definition) is 3. The van der Waals surface area contributed by atoms with Crippen molar-refractivity contribution in [2.45, 2.75) is 13.0 Å². The van der Waals surface area contributed by atoms with E-state index >= 15 is 0 Å². The molecule has 0 unspecified atom stereocenters. The summed E-state index contributed by atoms with van der Waals surface area (Å²) >= 11 is 0. The number of nitrogens with zero attached hydrogens (tertiary/aromatic N) is 1. The molecule has 4 heteroatoms. The Balaban J connectivity index is 2.15. The van der Waals surface area contributed by atoms with E-state index in [0.29, 0.717) is 26.4 Å². The summed E-state index contributed by atoms with van der Waals surface area (Å²) in [5, 5.41) is 0. The van der Waals surface area contributed by atoms with Crippen LogP contribution in [0.2, 0.25) is 0 Å². The summed E-state index contributed by atoms with van der Waals surface area (Å²) in [5.74, 6) is 0. The van der Waals surface area contributed by atoms with Gasteiger partial charge in [-0.25, -0.2) is 0 Å². The van der Waals surface area contributed by atoms with Crippen molar-refractivity contribution in [3.63, 3.8) is 0 Å². The summed E-state index contributed by atoms with van der Waals surface area (Å²) in [6.07, 6.45) is 2.63. The summed E-state index contributed by atoms with van der Waals surface area (Å²) in [5.41, 5.74) is 0.0365. The molecule has 0 aromatic carbocycles. The van der Waals surface area contributed by atoms with Crippen molar-refractivity contribution in [1.82, 2.24) is 4.57 Å². The highest BCUT2D eigenvalue weighted by atomic mass is 16.5. The van der Waals surface area contributed by atoms with E-state index in [0.717, 1.165) is 6.42 Å². The van der Waals surface area contributed by atoms with E-state index in [2.05, 4.69) is 0 Å². The fourth-order valence-electron chi connectivity index (χ4n) is 1.23. The van der Waals surface area contributed by atoms with Gasteiger partial charge in [0, 0.05) is 32.5 Å². The zero-order valence-corrected chi connectivity index (χ0v) is 9.02. The molecule has 0 N–H and O–H groups in total. The maximum absolute atomic E-state index is 11.3. The molecule has 0 bridgehead atoms. The second kappa shape index (κ2) is 7.20. The van der Waals surface area contributed by atoms with Gasteiger partial charge in [-0.3, -0.25) is 4.79 Å². The smallest absolute Gasteiger partial charge is 0.250 e. The number of aromatic nitrogens is 1. The summed E-state index contributed by atoms with van der Waals surface area (Å²) in [7, 11) is 1.65. The lowest BCUT2D eigenvalue weighted by Crippen LogP contribution is -2.18. The third kappa shape index (κ3) is 4.76. The number of hydrogen-bond donors (Lipinski definition) is 0. The molecule has 1 heterocycles. The van der Waals surface area contributed by atoms with E-state index < -0.39 is 0 Å². The van der Waals surface area contributed by atoms with Crippen LogP contribution in [0.5, 0.6) is 0 Å². The molecule has 1 aromatic rings. The summed E-state index contributed by atoms with van der Waals surface area (Å²) < 4.78 is 11.8. The molecule has 0 fully saturated rings. The predicted molar refractivity (Wildman–Crippen MR) is 58.0 cm³/mol. The molecule has 0 amide bonds. The number of rotatable bonds is 7. The van der Waals surface area contributed by atoms with Gasteiger partial charge in [0.15, 0.2) is 0 Å². The first-order valence-corrected chi connectivity index (χ1v) is 5.07. The van der Waals surface area contributed by atoms with Gasteiger partial charge in [0.1, 0.15) is 0 Å². The number of aryl methyl sites for hydroxylation is 1. The van der Waals surface area contributed by atoms with Crippen LogP contribution in [0.4, 0.5) is 0 Å². The zero-order chi connectivity index (χ0) is 10.9. The second-order valence-corrected chi connectivity index (χ2v) is 3.19. The van der Waals surface area contributed by atoms with Crippen molar-refractivity contribution in [2.24, 2.45) is 0 Å². The molecular formula is C11H17NO3. The first-order chi connectivity index (χ1) is 7.34. The number of pyridine rings is 1. The van der Waals surface area contributed by atoms with Gasteiger partial charge in [-0.1, -0.05) is 6.07 Å². The topological polar surface area (TPSA) is 40.5 Å². The van der Waals surface area contributed by atoms with Gasteiger partial charge in [0.05, 0.1) is 13.2 Å². The van der Waals surface area contributed by atoms with E-state index in [1.54, 1.807) is 30.0 Å². The Morgan fingerprint density at radius 3 is 2.87 bits per heavy atom. The Hall–Kier alpha value is -1.13. The van der Waals surface area contributed by atoms with Crippen LogP contribution in [0, 0.1) is 0 Å². The molecule has 0 spiro atoms. The highest BCUT2D eigenvalue weighted by Crippen LogP contribution is 1.89. The maximum Gasteiger partial charge on any atom is 0.250 e. The van der Waals surface area contributed by atoms with Crippen molar-refractivity contribution in [3.8, 4) is 0 Å². The molecular weight excluding hydrogens is 194 g/mol. The average Bonchev–Trinajstić information content (AvgIpc) is 2.25. The van der Waals surface area contributed by atoms with Gasteiger partial charge < -0.3 is 14.0 Å². The van der Waals surface area contributed by atoms with Gasteiger partial charge in [-0.15, -0.1) is 0 Å². The minimum atomic E-state index is 0.0365. The summed E-state index contributed by atoms with van der Waals surface area (Å²) in [6, 6.07) is 5.16. The van der Waals surface area contributed by atoms with Crippen LogP contribution in [-0.4, -0.2) is 31.5 Å². The highest BCUT2D eigenvalue weighted by Gasteiger charge is 1.93. The molecule has 84 valence electrons. The van der Waals surface area contributed by atoms with Gasteiger partial charge >= 0.3 is 0 Å². The van der Waals surface area contributed by atoms with Crippen molar-refractivity contribution in [3.05, 3.63) is 34.7 Å². The molecule has 0 saturated carbocycles. The standard InChI is InChI=1S/C11H17NO3/c1-14-9-10-15-8-4-7-12-6-3-2-5-11(12)13/h2-3,5-6H,4,7-10H2,1H3. The first-order valence-electron chi connectivity index (χ1n) is 5.07. The average molecular weight is 211 g/mol. The SMILES string of the molecule is COCCOCCCn1ccccc1=O. The van der Waals surface area contributed by atoms with E-state index in [1.807, 2.05) is 6.07 Å². The van der Waals surface area contributed by atoms with Gasteiger partial charge in [0.2, 0.25) is 5.56 Å². The molecule has 1 rings (SSSR count). The monoisotopic (exact) mass is 211 g/mol. The molecule has 4 nitrogen and oxygen atoms in total. The highest BCUT2D eigenvalue weighted by molar-refractivity contribution is 4.92. The lowest BCUT2D eigenvalue weighted by atomic mass is 10.4. The van der Waals surface area contributed by atoms with Crippen LogP contribution in [-0.2, 0) is 16.0 Å². The zero-order valence-electron chi connectivity index (χ0n) is 9.02. The van der Waals surface area contributed by atoms with Crippen molar-refractivity contribution in [2.75, 3.05) is 26.9 Å². The van der Waals surface area contributed by atoms with Crippen molar-refractivity contribution >= 4 is 0 Å². The first kappa shape index (κ1) is 11.9. The molecule has 0 atom stereocenters. The predicted octanol–water partition coefficient (Wildman–Crippen LogP) is 0.901.